The van der Waals surface area contributed by atoms with Crippen LogP contribution in [0.15, 0.2) is 42.5 Å². The molecule has 0 unspecified atom stereocenters. The van der Waals surface area contributed by atoms with E-state index < -0.39 is 17.6 Å². The van der Waals surface area contributed by atoms with Crippen LogP contribution in [0.5, 0.6) is 0 Å². The lowest BCUT2D eigenvalue weighted by Crippen LogP contribution is -2.34. The second-order valence-electron chi connectivity index (χ2n) is 9.26. The van der Waals surface area contributed by atoms with E-state index in [1.54, 1.807) is 11.0 Å². The summed E-state index contributed by atoms with van der Waals surface area (Å²) in [6, 6.07) is 6.93. The van der Waals surface area contributed by atoms with Crippen molar-refractivity contribution in [3.05, 3.63) is 48.0 Å². The van der Waals surface area contributed by atoms with Crippen LogP contribution in [0.3, 0.4) is 0 Å². The quantitative estimate of drug-likeness (QED) is 0.293. The van der Waals surface area contributed by atoms with Gasteiger partial charge in [0.05, 0.1) is 6.04 Å². The Balaban J connectivity index is 1.78. The average molecular weight is 452 g/mol. The Bertz CT molecular complexity index is 774. The summed E-state index contributed by atoms with van der Waals surface area (Å²) in [7, 11) is 0. The van der Waals surface area contributed by atoms with Gasteiger partial charge in [-0.15, -0.1) is 0 Å². The Hall–Kier alpha value is -2.28. The maximum atomic E-state index is 14.5. The minimum absolute atomic E-state index is 0.00212. The molecule has 0 radical (unpaired) electrons. The number of nitrogens with zero attached hydrogens (tertiary/aromatic N) is 1. The van der Waals surface area contributed by atoms with Gasteiger partial charge >= 0.3 is 11.9 Å². The van der Waals surface area contributed by atoms with Crippen molar-refractivity contribution in [3.63, 3.8) is 0 Å². The van der Waals surface area contributed by atoms with E-state index in [-0.39, 0.29) is 23.5 Å². The number of ether oxygens (including phenoxy) is 1. The van der Waals surface area contributed by atoms with Crippen molar-refractivity contribution < 1.29 is 28.2 Å². The normalized spacial score (nSPS) is 18.4. The second-order valence-corrected chi connectivity index (χ2v) is 9.26. The number of carbonyl (C=O) groups excluding carboxylic acids is 2. The molecule has 5 nitrogen and oxygen atoms in total. The summed E-state index contributed by atoms with van der Waals surface area (Å²) in [5, 5.41) is 10.1. The number of benzene rings is 1. The summed E-state index contributed by atoms with van der Waals surface area (Å²) in [5.74, 6) is -3.61. The minimum Gasteiger partial charge on any atom is -0.460 e. The largest absolute Gasteiger partial charge is 0.460 e. The Kier molecular flexibility index (Phi) is 9.37. The van der Waals surface area contributed by atoms with Crippen LogP contribution in [0.2, 0.25) is 0 Å². The molecule has 7 heteroatoms. The van der Waals surface area contributed by atoms with Crippen molar-refractivity contribution in [1.29, 1.82) is 0 Å². The van der Waals surface area contributed by atoms with Crippen LogP contribution in [-0.2, 0) is 20.2 Å². The topological polar surface area (TPSA) is 66.8 Å². The fourth-order valence-corrected chi connectivity index (χ4v) is 3.73. The van der Waals surface area contributed by atoms with Crippen LogP contribution in [0.25, 0.3) is 0 Å². The molecule has 1 fully saturated rings. The number of rotatable bonds is 11. The predicted octanol–water partition coefficient (Wildman–Crippen LogP) is 4.98. The van der Waals surface area contributed by atoms with Crippen LogP contribution >= 0.6 is 0 Å². The molecule has 1 aromatic carbocycles. The second kappa shape index (κ2) is 11.5. The van der Waals surface area contributed by atoms with Gasteiger partial charge in [-0.2, -0.15) is 8.78 Å². The molecular weight excluding hydrogens is 416 g/mol. The molecular formula is C25H35F2NO4. The van der Waals surface area contributed by atoms with E-state index in [0.29, 0.717) is 25.8 Å². The molecule has 0 aliphatic carbocycles. The van der Waals surface area contributed by atoms with Crippen molar-refractivity contribution in [3.8, 4) is 0 Å². The molecule has 1 aliphatic heterocycles. The van der Waals surface area contributed by atoms with E-state index in [2.05, 4.69) is 0 Å². The maximum absolute atomic E-state index is 14.5. The highest BCUT2D eigenvalue weighted by atomic mass is 19.3. The molecule has 32 heavy (non-hydrogen) atoms. The van der Waals surface area contributed by atoms with Gasteiger partial charge in [-0.3, -0.25) is 9.59 Å². The number of aliphatic hydroxyl groups is 1. The van der Waals surface area contributed by atoms with Crippen LogP contribution in [-0.4, -0.2) is 46.2 Å². The van der Waals surface area contributed by atoms with Crippen molar-refractivity contribution in [1.82, 2.24) is 4.90 Å². The maximum Gasteiger partial charge on any atom is 0.306 e. The van der Waals surface area contributed by atoms with Crippen molar-refractivity contribution in [2.24, 2.45) is 0 Å². The van der Waals surface area contributed by atoms with Crippen LogP contribution in [0, 0.1) is 0 Å². The highest BCUT2D eigenvalue weighted by molar-refractivity contribution is 5.79. The zero-order chi connectivity index (χ0) is 23.8. The average Bonchev–Trinajstić information content (AvgIpc) is 3.07. The molecule has 2 atom stereocenters. The molecule has 1 aliphatic rings. The fourth-order valence-electron chi connectivity index (χ4n) is 3.73. The number of unbranched alkanes of at least 4 members (excludes halogenated alkanes) is 3. The van der Waals surface area contributed by atoms with Gasteiger partial charge < -0.3 is 14.7 Å². The Morgan fingerprint density at radius 3 is 2.50 bits per heavy atom. The number of aliphatic hydroxyl groups excluding tert-OH is 1. The van der Waals surface area contributed by atoms with Crippen LogP contribution in [0.4, 0.5) is 8.78 Å². The standard InChI is InChI=1S/C25H35F2NO4/c1-24(2,3)32-23(31)13-9-4-5-10-18-28-20(15-17-22(28)30)14-16-21(29)25(26,27)19-11-7-6-8-12-19/h6-8,11-12,14,16,20-21,29H,4-5,9-10,13,15,17-18H2,1-3H3/b16-14+/t20-,21+/m0/s1. The number of halogens is 2. The Morgan fingerprint density at radius 1 is 1.19 bits per heavy atom. The summed E-state index contributed by atoms with van der Waals surface area (Å²) in [6.45, 7) is 6.05. The summed E-state index contributed by atoms with van der Waals surface area (Å²) in [6.07, 6.45) is 5.17. The number of hydrogen-bond donors (Lipinski definition) is 1. The minimum atomic E-state index is -3.40. The molecule has 0 bridgehead atoms. The van der Waals surface area contributed by atoms with E-state index in [1.807, 2.05) is 20.8 Å². The third-order valence-electron chi connectivity index (χ3n) is 5.37. The number of amides is 1. The monoisotopic (exact) mass is 451 g/mol. The van der Waals surface area contributed by atoms with E-state index in [1.165, 1.54) is 30.3 Å². The third kappa shape index (κ3) is 8.01. The van der Waals surface area contributed by atoms with E-state index in [9.17, 15) is 23.5 Å². The molecule has 0 spiro atoms. The van der Waals surface area contributed by atoms with Gasteiger partial charge in [0.25, 0.3) is 0 Å². The van der Waals surface area contributed by atoms with Gasteiger partial charge in [-0.05, 0) is 40.0 Å². The number of likely N-dealkylation sites (tertiary alicyclic amines) is 1. The first kappa shape index (κ1) is 26.0. The zero-order valence-corrected chi connectivity index (χ0v) is 19.2. The highest BCUT2D eigenvalue weighted by Crippen LogP contribution is 2.32. The first-order valence-corrected chi connectivity index (χ1v) is 11.3. The van der Waals surface area contributed by atoms with Crippen molar-refractivity contribution in [2.45, 2.75) is 89.4 Å². The smallest absolute Gasteiger partial charge is 0.306 e. The fraction of sp³-hybridized carbons (Fsp3) is 0.600. The molecule has 1 amide bonds. The van der Waals surface area contributed by atoms with Crippen LogP contribution in [0.1, 0.15) is 71.3 Å². The summed E-state index contributed by atoms with van der Waals surface area (Å²) in [4.78, 5) is 25.6. The molecule has 0 aromatic heterocycles. The molecule has 2 rings (SSSR count). The van der Waals surface area contributed by atoms with Gasteiger partial charge in [0.15, 0.2) is 0 Å². The van der Waals surface area contributed by atoms with Gasteiger partial charge in [0.1, 0.15) is 11.7 Å². The number of hydrogen-bond acceptors (Lipinski definition) is 4. The molecule has 1 N–H and O–H groups in total. The third-order valence-corrected chi connectivity index (χ3v) is 5.37. The summed E-state index contributed by atoms with van der Waals surface area (Å²) >= 11 is 0. The molecule has 1 heterocycles. The van der Waals surface area contributed by atoms with E-state index in [4.69, 9.17) is 4.74 Å². The van der Waals surface area contributed by atoms with Gasteiger partial charge in [0, 0.05) is 24.9 Å². The van der Waals surface area contributed by atoms with Gasteiger partial charge in [0.2, 0.25) is 5.91 Å². The first-order valence-electron chi connectivity index (χ1n) is 11.3. The molecule has 1 saturated heterocycles. The molecule has 178 valence electrons. The lowest BCUT2D eigenvalue weighted by Gasteiger charge is -2.24. The van der Waals surface area contributed by atoms with Gasteiger partial charge in [-0.1, -0.05) is 55.3 Å². The Labute approximate surface area is 189 Å². The zero-order valence-electron chi connectivity index (χ0n) is 19.2. The Morgan fingerprint density at radius 2 is 1.84 bits per heavy atom. The van der Waals surface area contributed by atoms with E-state index in [0.717, 1.165) is 31.8 Å². The summed E-state index contributed by atoms with van der Waals surface area (Å²) in [5.41, 5.74) is -0.725. The number of carbonyl (C=O) groups is 2. The summed E-state index contributed by atoms with van der Waals surface area (Å²) < 4.78 is 34.2. The molecule has 0 saturated carbocycles. The molecule has 1 aromatic rings. The lowest BCUT2D eigenvalue weighted by molar-refractivity contribution is -0.154. The lowest BCUT2D eigenvalue weighted by atomic mass is 10.0. The predicted molar refractivity (Wildman–Crippen MR) is 119 cm³/mol. The van der Waals surface area contributed by atoms with Crippen molar-refractivity contribution >= 4 is 11.9 Å². The number of alkyl halides is 2. The SMILES string of the molecule is CC(C)(C)OC(=O)CCCCCCN1C(=O)CC[C@@H]1/C=C/[C@@H](O)C(F)(F)c1ccccc1. The van der Waals surface area contributed by atoms with Gasteiger partial charge in [-0.25, -0.2) is 0 Å². The first-order chi connectivity index (χ1) is 15.0. The van der Waals surface area contributed by atoms with E-state index >= 15 is 0 Å². The highest BCUT2D eigenvalue weighted by Gasteiger charge is 2.39. The number of esters is 1. The van der Waals surface area contributed by atoms with Crippen LogP contribution < -0.4 is 0 Å². The van der Waals surface area contributed by atoms with Crippen molar-refractivity contribution in [2.75, 3.05) is 6.54 Å².